The Hall–Kier alpha value is -3.17. The Morgan fingerprint density at radius 3 is 2.60 bits per heavy atom. The van der Waals surface area contributed by atoms with Crippen molar-refractivity contribution in [3.8, 4) is 5.88 Å². The third-order valence-electron chi connectivity index (χ3n) is 4.01. The average molecular weight is 424 g/mol. The van der Waals surface area contributed by atoms with Gasteiger partial charge in [0.2, 0.25) is 11.8 Å². The number of rotatable bonds is 9. The van der Waals surface area contributed by atoms with E-state index in [2.05, 4.69) is 20.6 Å². The summed E-state index contributed by atoms with van der Waals surface area (Å²) in [6.45, 7) is 3.11. The van der Waals surface area contributed by atoms with E-state index in [4.69, 9.17) is 4.74 Å². The lowest BCUT2D eigenvalue weighted by atomic mass is 10.1. The van der Waals surface area contributed by atoms with Crippen LogP contribution in [-0.4, -0.2) is 34.6 Å². The summed E-state index contributed by atoms with van der Waals surface area (Å²) in [6.07, 6.45) is -1.44. The van der Waals surface area contributed by atoms with Crippen LogP contribution in [0, 0.1) is 0 Å². The van der Waals surface area contributed by atoms with Crippen LogP contribution in [0.25, 0.3) is 0 Å². The van der Waals surface area contributed by atoms with Crippen molar-refractivity contribution in [2.45, 2.75) is 45.3 Å². The maximum absolute atomic E-state index is 12.5. The van der Waals surface area contributed by atoms with Crippen molar-refractivity contribution in [3.63, 3.8) is 0 Å². The monoisotopic (exact) mass is 424 g/mol. The predicted octanol–water partition coefficient (Wildman–Crippen LogP) is 4.04. The normalized spacial score (nSPS) is 12.2. The number of amides is 2. The third-order valence-corrected chi connectivity index (χ3v) is 4.01. The molecule has 2 aromatic heterocycles. The molecule has 7 nitrogen and oxygen atoms in total. The van der Waals surface area contributed by atoms with E-state index in [1.807, 2.05) is 6.92 Å². The lowest BCUT2D eigenvalue weighted by Crippen LogP contribution is -2.27. The number of hydrogen-bond acceptors (Lipinski definition) is 5. The number of aromatic nitrogens is 2. The summed E-state index contributed by atoms with van der Waals surface area (Å²) >= 11 is 0. The van der Waals surface area contributed by atoms with Gasteiger partial charge in [0.25, 0.3) is 5.91 Å². The van der Waals surface area contributed by atoms with Gasteiger partial charge < -0.3 is 15.4 Å². The lowest BCUT2D eigenvalue weighted by molar-refractivity contribution is -0.139. The number of hydrogen-bond donors (Lipinski definition) is 2. The van der Waals surface area contributed by atoms with Crippen molar-refractivity contribution in [1.82, 2.24) is 15.3 Å². The molecule has 0 saturated heterocycles. The highest BCUT2D eigenvalue weighted by Gasteiger charge is 2.26. The second-order valence-corrected chi connectivity index (χ2v) is 6.57. The Bertz CT molecular complexity index is 857. The first-order valence-corrected chi connectivity index (χ1v) is 9.40. The molecule has 162 valence electrons. The Balaban J connectivity index is 1.93. The molecule has 0 radical (unpaired) electrons. The van der Waals surface area contributed by atoms with Crippen LogP contribution < -0.4 is 15.4 Å². The van der Waals surface area contributed by atoms with Gasteiger partial charge in [-0.2, -0.15) is 13.2 Å². The molecular formula is C20H23F3N4O3. The second-order valence-electron chi connectivity index (χ2n) is 6.57. The molecule has 0 bridgehead atoms. The average Bonchev–Trinajstić information content (AvgIpc) is 2.68. The van der Waals surface area contributed by atoms with Crippen molar-refractivity contribution in [2.75, 3.05) is 11.9 Å². The standard InChI is InChI=1S/C20H23F3N4O3/c1-3-4-17(28)27-16-11-14(7-9-24-16)19(29)26-13(2)15-5-6-18(25-12-15)30-10-8-20(21,22)23/h5-7,9,11-13H,3-4,8,10H2,1-2H3,(H,26,29)(H,24,27,28). The highest BCUT2D eigenvalue weighted by atomic mass is 19.4. The van der Waals surface area contributed by atoms with Gasteiger partial charge in [0.1, 0.15) is 5.82 Å². The van der Waals surface area contributed by atoms with E-state index in [-0.39, 0.29) is 23.5 Å². The van der Waals surface area contributed by atoms with Gasteiger partial charge in [-0.25, -0.2) is 9.97 Å². The molecule has 0 aliphatic heterocycles. The maximum atomic E-state index is 12.5. The van der Waals surface area contributed by atoms with Crippen molar-refractivity contribution in [2.24, 2.45) is 0 Å². The van der Waals surface area contributed by atoms with Crippen LogP contribution in [-0.2, 0) is 4.79 Å². The molecule has 0 aliphatic carbocycles. The molecule has 1 unspecified atom stereocenters. The number of alkyl halides is 3. The first-order valence-electron chi connectivity index (χ1n) is 9.40. The van der Waals surface area contributed by atoms with Gasteiger partial charge in [-0.3, -0.25) is 9.59 Å². The van der Waals surface area contributed by atoms with E-state index < -0.39 is 25.2 Å². The van der Waals surface area contributed by atoms with Crippen LogP contribution in [0.5, 0.6) is 5.88 Å². The zero-order chi connectivity index (χ0) is 22.1. The maximum Gasteiger partial charge on any atom is 0.392 e. The topological polar surface area (TPSA) is 93.2 Å². The molecule has 0 spiro atoms. The minimum absolute atomic E-state index is 0.0723. The van der Waals surface area contributed by atoms with Crippen LogP contribution >= 0.6 is 0 Å². The molecule has 30 heavy (non-hydrogen) atoms. The summed E-state index contributed by atoms with van der Waals surface area (Å²) in [5.74, 6) is -0.195. The fourth-order valence-electron chi connectivity index (χ4n) is 2.44. The van der Waals surface area contributed by atoms with Crippen molar-refractivity contribution >= 4 is 17.6 Å². The molecule has 2 N–H and O–H groups in total. The molecule has 0 aliphatic rings. The van der Waals surface area contributed by atoms with Crippen LogP contribution in [0.15, 0.2) is 36.7 Å². The number of carbonyl (C=O) groups is 2. The highest BCUT2D eigenvalue weighted by Crippen LogP contribution is 2.20. The molecule has 1 atom stereocenters. The summed E-state index contributed by atoms with van der Waals surface area (Å²) in [6, 6.07) is 5.64. The minimum Gasteiger partial charge on any atom is -0.477 e. The lowest BCUT2D eigenvalue weighted by Gasteiger charge is -2.15. The summed E-state index contributed by atoms with van der Waals surface area (Å²) in [5, 5.41) is 5.42. The van der Waals surface area contributed by atoms with Crippen LogP contribution in [0.2, 0.25) is 0 Å². The van der Waals surface area contributed by atoms with Gasteiger partial charge >= 0.3 is 6.18 Å². The number of ether oxygens (including phenoxy) is 1. The quantitative estimate of drug-likeness (QED) is 0.634. The van der Waals surface area contributed by atoms with Gasteiger partial charge in [0.15, 0.2) is 0 Å². The number of carbonyl (C=O) groups excluding carboxylic acids is 2. The molecule has 0 saturated carbocycles. The number of halogens is 3. The molecule has 2 heterocycles. The highest BCUT2D eigenvalue weighted by molar-refractivity contribution is 5.96. The van der Waals surface area contributed by atoms with E-state index in [0.717, 1.165) is 0 Å². The Morgan fingerprint density at radius 1 is 1.20 bits per heavy atom. The number of nitrogens with one attached hydrogen (secondary N) is 2. The van der Waals surface area contributed by atoms with Crippen LogP contribution in [0.1, 0.15) is 55.1 Å². The first-order chi connectivity index (χ1) is 14.2. The fraction of sp³-hybridized carbons (Fsp3) is 0.400. The van der Waals surface area contributed by atoms with Crippen molar-refractivity contribution in [3.05, 3.63) is 47.8 Å². The fourth-order valence-corrected chi connectivity index (χ4v) is 2.44. The van der Waals surface area contributed by atoms with E-state index in [1.165, 1.54) is 30.6 Å². The number of nitrogens with zero attached hydrogens (tertiary/aromatic N) is 2. The van der Waals surface area contributed by atoms with Gasteiger partial charge in [0, 0.05) is 30.4 Å². The van der Waals surface area contributed by atoms with E-state index in [1.54, 1.807) is 13.0 Å². The van der Waals surface area contributed by atoms with Gasteiger partial charge in [0.05, 0.1) is 19.1 Å². The number of pyridine rings is 2. The molecule has 2 amide bonds. The summed E-state index contributed by atoms with van der Waals surface area (Å²) in [7, 11) is 0. The van der Waals surface area contributed by atoms with Crippen LogP contribution in [0.4, 0.5) is 19.0 Å². The smallest absolute Gasteiger partial charge is 0.392 e. The molecular weight excluding hydrogens is 401 g/mol. The zero-order valence-corrected chi connectivity index (χ0v) is 16.6. The predicted molar refractivity (Wildman–Crippen MR) is 104 cm³/mol. The Kier molecular flexibility index (Phi) is 8.14. The molecule has 2 rings (SSSR count). The minimum atomic E-state index is -4.29. The van der Waals surface area contributed by atoms with Crippen molar-refractivity contribution in [1.29, 1.82) is 0 Å². The first kappa shape index (κ1) is 23.1. The second kappa shape index (κ2) is 10.6. The van der Waals surface area contributed by atoms with Gasteiger partial charge in [-0.15, -0.1) is 0 Å². The van der Waals surface area contributed by atoms with Gasteiger partial charge in [-0.1, -0.05) is 13.0 Å². The summed E-state index contributed by atoms with van der Waals surface area (Å²) in [5.41, 5.74) is 0.973. The Labute approximate surface area is 172 Å². The molecule has 10 heteroatoms. The largest absolute Gasteiger partial charge is 0.477 e. The molecule has 0 fully saturated rings. The van der Waals surface area contributed by atoms with Crippen molar-refractivity contribution < 1.29 is 27.5 Å². The Morgan fingerprint density at radius 2 is 1.97 bits per heavy atom. The third kappa shape index (κ3) is 7.69. The van der Waals surface area contributed by atoms with E-state index in [9.17, 15) is 22.8 Å². The van der Waals surface area contributed by atoms with Crippen LogP contribution in [0.3, 0.4) is 0 Å². The summed E-state index contributed by atoms with van der Waals surface area (Å²) in [4.78, 5) is 32.2. The number of anilines is 1. The van der Waals surface area contributed by atoms with E-state index in [0.29, 0.717) is 24.0 Å². The molecule has 2 aromatic rings. The summed E-state index contributed by atoms with van der Waals surface area (Å²) < 4.78 is 41.4. The SMILES string of the molecule is CCCC(=O)Nc1cc(C(=O)NC(C)c2ccc(OCCC(F)(F)F)nc2)ccn1. The van der Waals surface area contributed by atoms with E-state index >= 15 is 0 Å². The zero-order valence-electron chi connectivity index (χ0n) is 16.6. The molecule has 0 aromatic carbocycles. The van der Waals surface area contributed by atoms with Gasteiger partial charge in [-0.05, 0) is 31.0 Å².